The number of allylic oxidation sites excluding steroid dienone is 20. The molecule has 61 heavy (non-hydrogen) atoms. The number of carboxylic acid groups (broad SMARTS) is 1. The van der Waals surface area contributed by atoms with Gasteiger partial charge in [-0.3, -0.25) is 18.6 Å². The highest BCUT2D eigenvalue weighted by atomic mass is 31.2. The van der Waals surface area contributed by atoms with Gasteiger partial charge in [-0.05, 0) is 103 Å². The topological polar surface area (TPSA) is 155 Å². The Morgan fingerprint density at radius 3 is 1.34 bits per heavy atom. The van der Waals surface area contributed by atoms with Crippen molar-refractivity contribution in [2.45, 2.75) is 154 Å². The second kappa shape index (κ2) is 44.4. The average Bonchev–Trinajstić information content (AvgIpc) is 3.24. The van der Waals surface area contributed by atoms with Crippen molar-refractivity contribution in [3.05, 3.63) is 122 Å². The summed E-state index contributed by atoms with van der Waals surface area (Å²) in [6, 6.07) is -1.49. The molecule has 10 nitrogen and oxygen atoms in total. The molecule has 0 aliphatic heterocycles. The molecule has 0 radical (unpaired) electrons. The van der Waals surface area contributed by atoms with Gasteiger partial charge in [-0.2, -0.15) is 0 Å². The summed E-state index contributed by atoms with van der Waals surface area (Å²) in [6.45, 7) is 3.48. The van der Waals surface area contributed by atoms with Crippen LogP contribution in [0.5, 0.6) is 0 Å². The molecule has 0 spiro atoms. The van der Waals surface area contributed by atoms with Gasteiger partial charge in [0, 0.05) is 13.0 Å². The number of phosphoric ester groups is 1. The Balaban J connectivity index is 4.36. The number of ether oxygens (including phenoxy) is 2. The van der Waals surface area contributed by atoms with Gasteiger partial charge in [0.05, 0.1) is 19.8 Å². The Labute approximate surface area is 369 Å². The second-order valence-electron chi connectivity index (χ2n) is 14.4. The summed E-state index contributed by atoms with van der Waals surface area (Å²) >= 11 is 0. The number of hydrogen-bond acceptors (Lipinski definition) is 8. The lowest BCUT2D eigenvalue weighted by Crippen LogP contribution is -2.34. The van der Waals surface area contributed by atoms with Gasteiger partial charge in [-0.25, -0.2) is 4.57 Å². The number of rotatable bonds is 41. The van der Waals surface area contributed by atoms with Crippen molar-refractivity contribution in [3.63, 3.8) is 0 Å². The number of carboxylic acids is 1. The zero-order chi connectivity index (χ0) is 44.8. The molecule has 0 rings (SSSR count). The number of phosphoric acid groups is 1. The first-order valence-corrected chi connectivity index (χ1v) is 24.1. The molecule has 11 heteroatoms. The van der Waals surface area contributed by atoms with Crippen LogP contribution < -0.4 is 5.73 Å². The third kappa shape index (κ3) is 44.2. The summed E-state index contributed by atoms with van der Waals surface area (Å²) in [7, 11) is -4.65. The van der Waals surface area contributed by atoms with Crippen molar-refractivity contribution < 1.29 is 42.7 Å². The van der Waals surface area contributed by atoms with Crippen LogP contribution in [0.3, 0.4) is 0 Å². The molecule has 0 aromatic heterocycles. The van der Waals surface area contributed by atoms with Crippen molar-refractivity contribution in [3.8, 4) is 0 Å². The number of aliphatic carboxylic acids is 1. The quantitative estimate of drug-likeness (QED) is 0.0234. The van der Waals surface area contributed by atoms with E-state index in [0.29, 0.717) is 13.0 Å². The van der Waals surface area contributed by atoms with Crippen molar-refractivity contribution in [1.82, 2.24) is 0 Å². The number of esters is 1. The molecule has 0 bridgehead atoms. The summed E-state index contributed by atoms with van der Waals surface area (Å²) in [4.78, 5) is 33.6. The maximum Gasteiger partial charge on any atom is 0.472 e. The van der Waals surface area contributed by atoms with Crippen molar-refractivity contribution >= 4 is 19.8 Å². The lowest BCUT2D eigenvalue weighted by molar-refractivity contribution is -0.154. The fraction of sp³-hybridized carbons (Fsp3) is 0.560. The van der Waals surface area contributed by atoms with Crippen molar-refractivity contribution in [1.29, 1.82) is 0 Å². The third-order valence-corrected chi connectivity index (χ3v) is 9.69. The minimum atomic E-state index is -4.65. The molecule has 4 N–H and O–H groups in total. The Morgan fingerprint density at radius 1 is 0.525 bits per heavy atom. The molecule has 0 fully saturated rings. The number of hydrogen-bond donors (Lipinski definition) is 3. The Morgan fingerprint density at radius 2 is 0.902 bits per heavy atom. The smallest absolute Gasteiger partial charge is 0.472 e. The summed E-state index contributed by atoms with van der Waals surface area (Å²) < 4.78 is 33.3. The lowest BCUT2D eigenvalue weighted by atomic mass is 10.1. The molecule has 0 heterocycles. The minimum absolute atomic E-state index is 0.0296. The van der Waals surface area contributed by atoms with Crippen LogP contribution in [0, 0.1) is 0 Å². The average molecular weight is 870 g/mol. The first-order valence-electron chi connectivity index (χ1n) is 22.6. The predicted molar refractivity (Wildman–Crippen MR) is 253 cm³/mol. The zero-order valence-electron chi connectivity index (χ0n) is 37.4. The van der Waals surface area contributed by atoms with Gasteiger partial charge in [0.2, 0.25) is 0 Å². The van der Waals surface area contributed by atoms with Crippen LogP contribution in [-0.2, 0) is 32.7 Å². The van der Waals surface area contributed by atoms with E-state index in [1.165, 1.54) is 0 Å². The molecule has 0 saturated carbocycles. The van der Waals surface area contributed by atoms with Crippen LogP contribution in [0.15, 0.2) is 122 Å². The van der Waals surface area contributed by atoms with E-state index in [9.17, 15) is 19.0 Å². The molecule has 3 atom stereocenters. The van der Waals surface area contributed by atoms with Crippen LogP contribution in [0.25, 0.3) is 0 Å². The van der Waals surface area contributed by atoms with E-state index in [0.717, 1.165) is 116 Å². The maximum absolute atomic E-state index is 12.6. The summed E-state index contributed by atoms with van der Waals surface area (Å²) in [6.07, 6.45) is 61.2. The van der Waals surface area contributed by atoms with Crippen LogP contribution in [0.2, 0.25) is 0 Å². The van der Waals surface area contributed by atoms with E-state index < -0.39 is 45.1 Å². The van der Waals surface area contributed by atoms with Crippen LogP contribution in [0.1, 0.15) is 142 Å². The van der Waals surface area contributed by atoms with Gasteiger partial charge in [0.25, 0.3) is 0 Å². The number of carbonyl (C=O) groups is 2. The van der Waals surface area contributed by atoms with E-state index in [1.807, 2.05) is 0 Å². The number of nitrogens with two attached hydrogens (primary N) is 1. The summed E-state index contributed by atoms with van der Waals surface area (Å²) in [5.41, 5.74) is 5.35. The monoisotopic (exact) mass is 870 g/mol. The van der Waals surface area contributed by atoms with E-state index in [1.54, 1.807) is 0 Å². The fourth-order valence-electron chi connectivity index (χ4n) is 5.30. The zero-order valence-corrected chi connectivity index (χ0v) is 38.3. The molecule has 0 saturated heterocycles. The standard InChI is InChI=1S/C50H80NO9P/c1-3-5-7-9-11-13-15-17-19-20-21-22-23-24-25-26-27-29-31-33-35-37-39-41-43-57-44-47(45-58-61(55,56)59-46-48(51)50(53)54)60-49(52)42-40-38-36-34-32-30-28-18-16-14-12-10-8-6-4-2/h5-8,11-14,17-19,21-22,24-25,27-29,33,35,47-48H,3-4,9-10,15-16,20,23,26,30-32,34,36-46,51H2,1-2H3,(H,53,54)(H,55,56)/b7-5-,8-6-,13-11-,14-12-,19-17-,22-21-,25-24-,28-18-,29-27-,35-33-. The highest BCUT2D eigenvalue weighted by molar-refractivity contribution is 7.47. The Kier molecular flexibility index (Phi) is 41.8. The SMILES string of the molecule is CC/C=C\C/C=C\C/C=C\C/C=C\C/C=C\C/C=C\C/C=C\CCCCOCC(COP(=O)(O)OCC(N)C(=O)O)OC(=O)CCCCCCC/C=C\C/C=C\C/C=C\CC. The van der Waals surface area contributed by atoms with Gasteiger partial charge in [0.1, 0.15) is 12.1 Å². The van der Waals surface area contributed by atoms with E-state index in [-0.39, 0.29) is 13.0 Å². The predicted octanol–water partition coefficient (Wildman–Crippen LogP) is 12.9. The van der Waals surface area contributed by atoms with E-state index in [4.69, 9.17) is 29.4 Å². The number of carbonyl (C=O) groups excluding carboxylic acids is 1. The first-order chi connectivity index (χ1) is 29.7. The molecule has 0 aliphatic rings. The summed E-state index contributed by atoms with van der Waals surface area (Å²) in [5.74, 6) is -1.83. The minimum Gasteiger partial charge on any atom is -0.480 e. The normalized spacial score (nSPS) is 15.0. The molecule has 0 aromatic rings. The lowest BCUT2D eigenvalue weighted by Gasteiger charge is -2.20. The summed E-state index contributed by atoms with van der Waals surface area (Å²) in [5, 5.41) is 8.90. The van der Waals surface area contributed by atoms with Crippen molar-refractivity contribution in [2.75, 3.05) is 26.4 Å². The Bertz CT molecular complexity index is 1420. The molecule has 0 aromatic carbocycles. The largest absolute Gasteiger partial charge is 0.480 e. The van der Waals surface area contributed by atoms with Crippen LogP contribution in [-0.4, -0.2) is 60.5 Å². The van der Waals surface area contributed by atoms with E-state index in [2.05, 4.69) is 135 Å². The van der Waals surface area contributed by atoms with Gasteiger partial charge in [-0.1, -0.05) is 155 Å². The number of unbranched alkanes of at least 4 members (excludes halogenated alkanes) is 7. The highest BCUT2D eigenvalue weighted by Crippen LogP contribution is 2.43. The molecular formula is C50H80NO9P. The molecule has 0 aliphatic carbocycles. The third-order valence-electron chi connectivity index (χ3n) is 8.74. The van der Waals surface area contributed by atoms with Crippen molar-refractivity contribution in [2.24, 2.45) is 5.73 Å². The highest BCUT2D eigenvalue weighted by Gasteiger charge is 2.27. The fourth-order valence-corrected chi connectivity index (χ4v) is 6.08. The molecular weight excluding hydrogens is 790 g/mol. The molecule has 3 unspecified atom stereocenters. The maximum atomic E-state index is 12.6. The first kappa shape index (κ1) is 57.4. The van der Waals surface area contributed by atoms with E-state index >= 15 is 0 Å². The van der Waals surface area contributed by atoms with Gasteiger partial charge in [0.15, 0.2) is 0 Å². The molecule has 0 amide bonds. The second-order valence-corrected chi connectivity index (χ2v) is 15.9. The molecule has 344 valence electrons. The van der Waals surface area contributed by atoms with Crippen LogP contribution >= 0.6 is 7.82 Å². The van der Waals surface area contributed by atoms with Gasteiger partial charge in [-0.15, -0.1) is 0 Å². The van der Waals surface area contributed by atoms with Gasteiger partial charge < -0.3 is 25.2 Å². The van der Waals surface area contributed by atoms with Crippen LogP contribution in [0.4, 0.5) is 0 Å². The van der Waals surface area contributed by atoms with Gasteiger partial charge >= 0.3 is 19.8 Å². The Hall–Kier alpha value is -3.63.